The van der Waals surface area contributed by atoms with E-state index in [0.717, 1.165) is 6.42 Å². The minimum absolute atomic E-state index is 0.425. The first kappa shape index (κ1) is 11.9. The molecule has 0 spiro atoms. The first-order chi connectivity index (χ1) is 7.74. The van der Waals surface area contributed by atoms with Crippen molar-refractivity contribution in [3.8, 4) is 0 Å². The molecule has 1 unspecified atom stereocenters. The van der Waals surface area contributed by atoms with E-state index in [0.29, 0.717) is 11.9 Å². The molecular formula is C13H16ClNS. The van der Waals surface area contributed by atoms with Crippen molar-refractivity contribution in [3.05, 3.63) is 35.2 Å². The monoisotopic (exact) mass is 253 g/mol. The average molecular weight is 254 g/mol. The Morgan fingerprint density at radius 1 is 1.31 bits per heavy atom. The third-order valence-electron chi connectivity index (χ3n) is 2.88. The van der Waals surface area contributed by atoms with Crippen molar-refractivity contribution in [2.24, 2.45) is 0 Å². The number of thiophene rings is 1. The number of rotatable bonds is 4. The van der Waals surface area contributed by atoms with Gasteiger partial charge in [0.05, 0.1) is 0 Å². The zero-order valence-corrected chi connectivity index (χ0v) is 11.2. The predicted octanol–water partition coefficient (Wildman–Crippen LogP) is 4.13. The number of nitrogens with zero attached hydrogens (tertiary/aromatic N) is 1. The Balaban J connectivity index is 2.44. The maximum atomic E-state index is 5.89. The molecular weight excluding hydrogens is 238 g/mol. The van der Waals surface area contributed by atoms with Crippen LogP contribution in [0, 0.1) is 0 Å². The normalized spacial score (nSPS) is 13.5. The lowest BCUT2D eigenvalue weighted by molar-refractivity contribution is 0.295. The Labute approximate surface area is 106 Å². The molecule has 1 aromatic heterocycles. The van der Waals surface area contributed by atoms with Crippen LogP contribution in [-0.2, 0) is 0 Å². The summed E-state index contributed by atoms with van der Waals surface area (Å²) in [7, 11) is 4.23. The largest absolute Gasteiger partial charge is 0.302 e. The maximum Gasteiger partial charge on any atom is 0.0367 e. The van der Waals surface area contributed by atoms with E-state index >= 15 is 0 Å². The van der Waals surface area contributed by atoms with E-state index in [9.17, 15) is 0 Å². The second kappa shape index (κ2) is 5.17. The van der Waals surface area contributed by atoms with Crippen LogP contribution in [0.1, 0.15) is 18.0 Å². The Hall–Kier alpha value is -0.570. The van der Waals surface area contributed by atoms with Crippen molar-refractivity contribution in [2.45, 2.75) is 12.5 Å². The molecule has 0 saturated heterocycles. The molecule has 0 radical (unpaired) electrons. The van der Waals surface area contributed by atoms with Gasteiger partial charge in [0.15, 0.2) is 0 Å². The lowest BCUT2D eigenvalue weighted by Crippen LogP contribution is -2.20. The second-order valence-corrected chi connectivity index (χ2v) is 5.43. The number of hydrogen-bond acceptors (Lipinski definition) is 2. The number of fused-ring (bicyclic) bond motifs is 1. The van der Waals surface area contributed by atoms with Crippen LogP contribution in [0.5, 0.6) is 0 Å². The van der Waals surface area contributed by atoms with Crippen LogP contribution in [0.4, 0.5) is 0 Å². The van der Waals surface area contributed by atoms with Crippen LogP contribution in [0.3, 0.4) is 0 Å². The molecule has 2 aromatic rings. The van der Waals surface area contributed by atoms with E-state index in [1.165, 1.54) is 15.6 Å². The summed E-state index contributed by atoms with van der Waals surface area (Å²) in [4.78, 5) is 2.25. The topological polar surface area (TPSA) is 3.24 Å². The standard InChI is InChI=1S/C13H16ClNS/c1-15(2)12(7-8-14)11-9-16-13-6-4-3-5-10(11)13/h3-6,9,12H,7-8H2,1-2H3. The van der Waals surface area contributed by atoms with E-state index in [1.54, 1.807) is 0 Å². The van der Waals surface area contributed by atoms with Gasteiger partial charge >= 0.3 is 0 Å². The molecule has 0 bridgehead atoms. The summed E-state index contributed by atoms with van der Waals surface area (Å²) < 4.78 is 1.36. The molecule has 1 atom stereocenters. The highest BCUT2D eigenvalue weighted by Gasteiger charge is 2.17. The molecule has 3 heteroatoms. The fourth-order valence-electron chi connectivity index (χ4n) is 2.05. The molecule has 0 aliphatic carbocycles. The number of halogens is 1. The quantitative estimate of drug-likeness (QED) is 0.741. The predicted molar refractivity (Wildman–Crippen MR) is 73.6 cm³/mol. The lowest BCUT2D eigenvalue weighted by Gasteiger charge is -2.23. The van der Waals surface area contributed by atoms with E-state index in [-0.39, 0.29) is 0 Å². The van der Waals surface area contributed by atoms with Gasteiger partial charge in [0, 0.05) is 16.6 Å². The first-order valence-electron chi connectivity index (χ1n) is 5.42. The number of benzene rings is 1. The van der Waals surface area contributed by atoms with E-state index < -0.39 is 0 Å². The average Bonchev–Trinajstić information content (AvgIpc) is 2.69. The summed E-state index contributed by atoms with van der Waals surface area (Å²) in [5, 5.41) is 3.64. The molecule has 0 fully saturated rings. The Bertz CT molecular complexity index is 464. The fourth-order valence-corrected chi connectivity index (χ4v) is 3.27. The molecule has 1 heterocycles. The summed E-state index contributed by atoms with van der Waals surface area (Å²) in [5.74, 6) is 0.701. The van der Waals surface area contributed by atoms with Crippen LogP contribution >= 0.6 is 22.9 Å². The Morgan fingerprint density at radius 3 is 2.75 bits per heavy atom. The third-order valence-corrected chi connectivity index (χ3v) is 4.08. The zero-order chi connectivity index (χ0) is 11.5. The van der Waals surface area contributed by atoms with Gasteiger partial charge in [-0.25, -0.2) is 0 Å². The highest BCUT2D eigenvalue weighted by molar-refractivity contribution is 7.17. The van der Waals surface area contributed by atoms with Crippen LogP contribution in [-0.4, -0.2) is 24.9 Å². The summed E-state index contributed by atoms with van der Waals surface area (Å²) in [6, 6.07) is 9.00. The van der Waals surface area contributed by atoms with E-state index in [4.69, 9.17) is 11.6 Å². The summed E-state index contributed by atoms with van der Waals surface area (Å²) in [6.45, 7) is 0. The highest BCUT2D eigenvalue weighted by Crippen LogP contribution is 2.33. The summed E-state index contributed by atoms with van der Waals surface area (Å²) in [5.41, 5.74) is 1.41. The van der Waals surface area contributed by atoms with Crippen molar-refractivity contribution < 1.29 is 0 Å². The van der Waals surface area contributed by atoms with Crippen LogP contribution < -0.4 is 0 Å². The molecule has 86 valence electrons. The van der Waals surface area contributed by atoms with Crippen molar-refractivity contribution in [1.29, 1.82) is 0 Å². The van der Waals surface area contributed by atoms with Gasteiger partial charge in [-0.1, -0.05) is 18.2 Å². The molecule has 0 N–H and O–H groups in total. The molecule has 2 rings (SSSR count). The van der Waals surface area contributed by atoms with Gasteiger partial charge in [0.2, 0.25) is 0 Å². The highest BCUT2D eigenvalue weighted by atomic mass is 35.5. The van der Waals surface area contributed by atoms with Gasteiger partial charge in [-0.2, -0.15) is 0 Å². The van der Waals surface area contributed by atoms with Crippen molar-refractivity contribution in [2.75, 3.05) is 20.0 Å². The van der Waals surface area contributed by atoms with Gasteiger partial charge in [-0.15, -0.1) is 22.9 Å². The maximum absolute atomic E-state index is 5.89. The van der Waals surface area contributed by atoms with E-state index in [1.807, 2.05) is 11.3 Å². The molecule has 0 aliphatic heterocycles. The smallest absolute Gasteiger partial charge is 0.0367 e. The fraction of sp³-hybridized carbons (Fsp3) is 0.385. The van der Waals surface area contributed by atoms with Crippen molar-refractivity contribution in [1.82, 2.24) is 4.90 Å². The van der Waals surface area contributed by atoms with E-state index in [2.05, 4.69) is 48.6 Å². The van der Waals surface area contributed by atoms with Crippen LogP contribution in [0.2, 0.25) is 0 Å². The van der Waals surface area contributed by atoms with Gasteiger partial charge < -0.3 is 4.90 Å². The van der Waals surface area contributed by atoms with Gasteiger partial charge in [0.1, 0.15) is 0 Å². The molecule has 0 aliphatic rings. The Morgan fingerprint density at radius 2 is 2.06 bits per heavy atom. The van der Waals surface area contributed by atoms with Crippen LogP contribution in [0.15, 0.2) is 29.6 Å². The van der Waals surface area contributed by atoms with Crippen molar-refractivity contribution >= 4 is 33.0 Å². The molecule has 16 heavy (non-hydrogen) atoms. The zero-order valence-electron chi connectivity index (χ0n) is 9.61. The number of alkyl halides is 1. The van der Waals surface area contributed by atoms with Crippen molar-refractivity contribution in [3.63, 3.8) is 0 Å². The van der Waals surface area contributed by atoms with Gasteiger partial charge in [-0.3, -0.25) is 0 Å². The molecule has 1 aromatic carbocycles. The van der Waals surface area contributed by atoms with Crippen LogP contribution in [0.25, 0.3) is 10.1 Å². The van der Waals surface area contributed by atoms with Gasteiger partial charge in [0.25, 0.3) is 0 Å². The molecule has 0 saturated carbocycles. The molecule has 1 nitrogen and oxygen atoms in total. The SMILES string of the molecule is CN(C)C(CCCl)c1csc2ccccc12. The second-order valence-electron chi connectivity index (χ2n) is 4.14. The van der Waals surface area contributed by atoms with Gasteiger partial charge in [-0.05, 0) is 42.9 Å². The number of hydrogen-bond donors (Lipinski definition) is 0. The minimum Gasteiger partial charge on any atom is -0.302 e. The molecule has 0 amide bonds. The lowest BCUT2D eigenvalue weighted by atomic mass is 10.0. The summed E-state index contributed by atoms with van der Waals surface area (Å²) in [6.07, 6.45) is 0.995. The first-order valence-corrected chi connectivity index (χ1v) is 6.84. The minimum atomic E-state index is 0.425. The third kappa shape index (κ3) is 2.24. The summed E-state index contributed by atoms with van der Waals surface area (Å²) >= 11 is 7.70. The Kier molecular flexibility index (Phi) is 3.85.